The van der Waals surface area contributed by atoms with E-state index in [0.29, 0.717) is 0 Å². The zero-order valence-electron chi connectivity index (χ0n) is 28.8. The van der Waals surface area contributed by atoms with Gasteiger partial charge in [0.2, 0.25) is 0 Å². The van der Waals surface area contributed by atoms with Crippen LogP contribution < -0.4 is 9.75 Å². The second-order valence-corrected chi connectivity index (χ2v) is 15.7. The van der Waals surface area contributed by atoms with E-state index in [9.17, 15) is 0 Å². The quantitative estimate of drug-likeness (QED) is 0.132. The van der Waals surface area contributed by atoms with Crippen LogP contribution in [-0.4, -0.2) is 10.4 Å². The van der Waals surface area contributed by atoms with Crippen LogP contribution in [0.5, 0.6) is 0 Å². The van der Waals surface area contributed by atoms with E-state index in [1.165, 1.54) is 52.1 Å². The molecule has 0 unspecified atom stereocenters. The highest BCUT2D eigenvalue weighted by Crippen LogP contribution is 2.47. The van der Waals surface area contributed by atoms with Crippen molar-refractivity contribution in [3.63, 3.8) is 0 Å². The molecule has 250 valence electrons. The lowest BCUT2D eigenvalue weighted by Crippen LogP contribution is -2.21. The lowest BCUT2D eigenvalue weighted by atomic mass is 9.98. The molecule has 0 fully saturated rings. The van der Waals surface area contributed by atoms with Gasteiger partial charge in [-0.15, -0.1) is 22.7 Å². The zero-order valence-corrected chi connectivity index (χ0v) is 30.4. The Bertz CT molecular complexity index is 3430. The number of hydrogen-bond acceptors (Lipinski definition) is 4. The molecule has 11 aromatic rings. The van der Waals surface area contributed by atoms with Crippen LogP contribution in [0.2, 0.25) is 0 Å². The molecule has 0 aliphatic carbocycles. The molecule has 0 saturated carbocycles. The van der Waals surface area contributed by atoms with Crippen molar-refractivity contribution < 1.29 is 4.42 Å². The van der Waals surface area contributed by atoms with Gasteiger partial charge in [-0.05, 0) is 65.6 Å². The summed E-state index contributed by atoms with van der Waals surface area (Å²) in [7, 11) is 0. The van der Waals surface area contributed by atoms with Gasteiger partial charge in [-0.2, -0.15) is 0 Å². The first-order valence-corrected chi connectivity index (χ1v) is 19.4. The van der Waals surface area contributed by atoms with Crippen molar-refractivity contribution in [2.24, 2.45) is 4.99 Å². The highest BCUT2D eigenvalue weighted by molar-refractivity contribution is 7.26. The Morgan fingerprint density at radius 3 is 2.08 bits per heavy atom. The number of hydrogen-bond donors (Lipinski definition) is 0. The molecule has 0 radical (unpaired) electrons. The summed E-state index contributed by atoms with van der Waals surface area (Å²) in [5.41, 5.74) is 8.46. The highest BCUT2D eigenvalue weighted by Gasteiger charge is 2.22. The molecule has 0 atom stereocenters. The van der Waals surface area contributed by atoms with Gasteiger partial charge in [-0.3, -0.25) is 4.57 Å². The number of aliphatic imine (C=N–C) groups is 1. The molecule has 4 heterocycles. The van der Waals surface area contributed by atoms with Gasteiger partial charge in [0.15, 0.2) is 0 Å². The van der Waals surface area contributed by atoms with Gasteiger partial charge in [0, 0.05) is 57.5 Å². The summed E-state index contributed by atoms with van der Waals surface area (Å²) < 4.78 is 13.6. The second-order valence-electron chi connectivity index (χ2n) is 13.6. The fourth-order valence-electron chi connectivity index (χ4n) is 8.13. The van der Waals surface area contributed by atoms with E-state index in [-0.39, 0.29) is 0 Å². The van der Waals surface area contributed by atoms with Crippen LogP contribution >= 0.6 is 22.7 Å². The number of para-hydroxylation sites is 2. The smallest absolute Gasteiger partial charge is 0.136 e. The molecule has 0 aliphatic rings. The average Bonchev–Trinajstić information content (AvgIpc) is 3.95. The van der Waals surface area contributed by atoms with Crippen LogP contribution in [-0.2, 0) is 0 Å². The number of furan rings is 1. The van der Waals surface area contributed by atoms with Gasteiger partial charge in [-0.25, -0.2) is 4.99 Å². The topological polar surface area (TPSA) is 30.4 Å². The molecular formula is C48H30N2OS2. The van der Waals surface area contributed by atoms with E-state index in [1.54, 1.807) is 11.3 Å². The number of fused-ring (bicyclic) bond motifs is 11. The number of rotatable bonds is 3. The van der Waals surface area contributed by atoms with Gasteiger partial charge in [0.1, 0.15) is 17.0 Å². The third-order valence-electron chi connectivity index (χ3n) is 10.5. The Morgan fingerprint density at radius 2 is 1.26 bits per heavy atom. The summed E-state index contributed by atoms with van der Waals surface area (Å²) in [6, 6.07) is 53.9. The largest absolute Gasteiger partial charge is 0.456 e. The Balaban J connectivity index is 1.25. The summed E-state index contributed by atoms with van der Waals surface area (Å²) in [6.45, 7) is 6.72. The zero-order chi connectivity index (χ0) is 35.2. The third-order valence-corrected chi connectivity index (χ3v) is 13.0. The van der Waals surface area contributed by atoms with Gasteiger partial charge < -0.3 is 4.42 Å². The molecule has 4 aromatic heterocycles. The minimum Gasteiger partial charge on any atom is -0.456 e. The normalized spacial score (nSPS) is 13.1. The standard InChI is InChI=1S/C48H30N2OS2/c1-28-32-16-8-12-22-42(32)52-47(28)45(30-14-4-3-5-15-30)49-29(2)50-39-20-10-6-17-33(39)38-27-37(48-44(46(38)50)36-19-9-13-23-43(36)53-48)31-24-25-35-34-18-7-11-21-40(34)51-41(35)26-31/h3-27H,1H2,2H3/b47-45+,49-29?. The van der Waals surface area contributed by atoms with Crippen molar-refractivity contribution >= 4 is 115 Å². The lowest BCUT2D eigenvalue weighted by Gasteiger charge is -2.12. The van der Waals surface area contributed by atoms with E-state index in [1.807, 2.05) is 23.5 Å². The minimum absolute atomic E-state index is 0.901. The number of benzene rings is 7. The van der Waals surface area contributed by atoms with Crippen LogP contribution in [0.25, 0.3) is 97.4 Å². The molecule has 53 heavy (non-hydrogen) atoms. The first-order chi connectivity index (χ1) is 26.1. The summed E-state index contributed by atoms with van der Waals surface area (Å²) in [5, 5.41) is 9.35. The number of aromatic nitrogens is 1. The van der Waals surface area contributed by atoms with E-state index in [4.69, 9.17) is 9.41 Å². The Morgan fingerprint density at radius 1 is 0.604 bits per heavy atom. The molecule has 0 amide bonds. The molecule has 0 aliphatic heterocycles. The van der Waals surface area contributed by atoms with Crippen molar-refractivity contribution in [3.8, 4) is 11.1 Å². The van der Waals surface area contributed by atoms with Gasteiger partial charge in [0.05, 0.1) is 21.3 Å². The maximum atomic E-state index is 6.39. The van der Waals surface area contributed by atoms with Crippen LogP contribution in [0.15, 0.2) is 161 Å². The molecule has 0 N–H and O–H groups in total. The maximum Gasteiger partial charge on any atom is 0.136 e. The van der Waals surface area contributed by atoms with E-state index in [0.717, 1.165) is 59.9 Å². The minimum atomic E-state index is 0.901. The fraction of sp³-hybridized carbons (Fsp3) is 0.0208. The fourth-order valence-corrected chi connectivity index (χ4v) is 10.5. The van der Waals surface area contributed by atoms with Crippen molar-refractivity contribution in [1.29, 1.82) is 0 Å². The summed E-state index contributed by atoms with van der Waals surface area (Å²) in [4.78, 5) is 5.58. The third kappa shape index (κ3) is 4.54. The molecular weight excluding hydrogens is 685 g/mol. The second kappa shape index (κ2) is 11.6. The predicted octanol–water partition coefficient (Wildman–Crippen LogP) is 12.5. The molecule has 3 nitrogen and oxygen atoms in total. The number of thiophene rings is 2. The molecule has 5 heteroatoms. The first-order valence-electron chi connectivity index (χ1n) is 17.7. The van der Waals surface area contributed by atoms with E-state index in [2.05, 4.69) is 158 Å². The Hall–Kier alpha value is -6.27. The monoisotopic (exact) mass is 714 g/mol. The summed E-state index contributed by atoms with van der Waals surface area (Å²) >= 11 is 3.61. The Labute approximate surface area is 312 Å². The SMILES string of the molecule is C=c1/c(=C(\N=C(C)n2c3ccccc3c3cc(-c4ccc5c(c4)oc4ccccc45)c4sc5ccccc5c4c32)c2ccccc2)sc2ccccc12. The van der Waals surface area contributed by atoms with Crippen LogP contribution in [0.1, 0.15) is 12.5 Å². The highest BCUT2D eigenvalue weighted by atomic mass is 32.1. The Kier molecular flexibility index (Phi) is 6.66. The molecule has 0 saturated heterocycles. The maximum absolute atomic E-state index is 6.39. The van der Waals surface area contributed by atoms with Gasteiger partial charge >= 0.3 is 0 Å². The molecule has 0 spiro atoms. The van der Waals surface area contributed by atoms with Crippen molar-refractivity contribution in [3.05, 3.63) is 167 Å². The van der Waals surface area contributed by atoms with Crippen LogP contribution in [0, 0.1) is 0 Å². The summed E-state index contributed by atoms with van der Waals surface area (Å²) in [6.07, 6.45) is 0. The molecule has 7 aromatic carbocycles. The molecule has 0 bridgehead atoms. The van der Waals surface area contributed by atoms with Crippen molar-refractivity contribution in [2.75, 3.05) is 0 Å². The lowest BCUT2D eigenvalue weighted by molar-refractivity contribution is 0.669. The first kappa shape index (κ1) is 30.4. The number of nitrogens with zero attached hydrogens (tertiary/aromatic N) is 2. The van der Waals surface area contributed by atoms with Crippen LogP contribution in [0.3, 0.4) is 0 Å². The predicted molar refractivity (Wildman–Crippen MR) is 229 cm³/mol. The van der Waals surface area contributed by atoms with Crippen LogP contribution in [0.4, 0.5) is 0 Å². The van der Waals surface area contributed by atoms with E-state index < -0.39 is 0 Å². The van der Waals surface area contributed by atoms with Crippen molar-refractivity contribution in [2.45, 2.75) is 6.92 Å². The summed E-state index contributed by atoms with van der Waals surface area (Å²) in [5.74, 6) is 0.903. The van der Waals surface area contributed by atoms with E-state index >= 15 is 0 Å². The van der Waals surface area contributed by atoms with Gasteiger partial charge in [-0.1, -0.05) is 116 Å². The average molecular weight is 715 g/mol. The van der Waals surface area contributed by atoms with Crippen molar-refractivity contribution in [1.82, 2.24) is 4.57 Å². The molecule has 11 rings (SSSR count). The van der Waals surface area contributed by atoms with Gasteiger partial charge in [0.25, 0.3) is 0 Å².